The van der Waals surface area contributed by atoms with Crippen molar-refractivity contribution in [2.75, 3.05) is 13.1 Å². The largest absolute Gasteiger partial charge is 0.399 e. The summed E-state index contributed by atoms with van der Waals surface area (Å²) in [7, 11) is 0. The van der Waals surface area contributed by atoms with E-state index < -0.39 is 4.92 Å². The molecule has 1 rings (SSSR count). The van der Waals surface area contributed by atoms with Crippen molar-refractivity contribution >= 4 is 6.21 Å². The fourth-order valence-corrected chi connectivity index (χ4v) is 1.10. The van der Waals surface area contributed by atoms with Crippen LogP contribution in [0.15, 0.2) is 16.9 Å². The number of nitrogens with two attached hydrogens (primary N) is 1. The molecule has 0 bridgehead atoms. The SMILES string of the molecule is NC=C(C=NC1CCNC1)[N+](=O)[O-]. The average Bonchev–Trinajstić information content (AvgIpc) is 2.57. The van der Waals surface area contributed by atoms with Gasteiger partial charge in [-0.15, -0.1) is 0 Å². The number of nitrogens with one attached hydrogen (secondary N) is 1. The normalized spacial score (nSPS) is 24.0. The maximum atomic E-state index is 10.3. The molecule has 0 spiro atoms. The maximum absolute atomic E-state index is 10.3. The quantitative estimate of drug-likeness (QED) is 0.351. The first-order valence-corrected chi connectivity index (χ1v) is 4.04. The number of nitro groups is 1. The first kappa shape index (κ1) is 9.66. The molecule has 0 aromatic rings. The van der Waals surface area contributed by atoms with Crippen LogP contribution in [0.4, 0.5) is 0 Å². The van der Waals surface area contributed by atoms with E-state index in [1.54, 1.807) is 0 Å². The molecule has 3 N–H and O–H groups in total. The van der Waals surface area contributed by atoms with Crippen molar-refractivity contribution in [1.29, 1.82) is 0 Å². The molecule has 0 saturated carbocycles. The number of hydrogen-bond donors (Lipinski definition) is 2. The van der Waals surface area contributed by atoms with E-state index in [-0.39, 0.29) is 11.7 Å². The summed E-state index contributed by atoms with van der Waals surface area (Å²) in [5, 5.41) is 13.4. The van der Waals surface area contributed by atoms with Crippen molar-refractivity contribution in [2.45, 2.75) is 12.5 Å². The molecule has 0 aliphatic carbocycles. The van der Waals surface area contributed by atoms with Crippen LogP contribution in [0.1, 0.15) is 6.42 Å². The summed E-state index contributed by atoms with van der Waals surface area (Å²) >= 11 is 0. The fourth-order valence-electron chi connectivity index (χ4n) is 1.10. The zero-order valence-corrected chi connectivity index (χ0v) is 7.14. The summed E-state index contributed by atoms with van der Waals surface area (Å²) in [4.78, 5) is 13.8. The minimum atomic E-state index is -0.550. The lowest BCUT2D eigenvalue weighted by Crippen LogP contribution is -2.12. The van der Waals surface area contributed by atoms with E-state index in [0.29, 0.717) is 0 Å². The minimum Gasteiger partial charge on any atom is -0.399 e. The van der Waals surface area contributed by atoms with Gasteiger partial charge in [0.05, 0.1) is 17.2 Å². The average molecular weight is 184 g/mol. The van der Waals surface area contributed by atoms with Gasteiger partial charge < -0.3 is 11.1 Å². The molecule has 13 heavy (non-hydrogen) atoms. The van der Waals surface area contributed by atoms with Gasteiger partial charge in [0.25, 0.3) is 0 Å². The first-order valence-electron chi connectivity index (χ1n) is 4.04. The summed E-state index contributed by atoms with van der Waals surface area (Å²) in [5.74, 6) is 0. The summed E-state index contributed by atoms with van der Waals surface area (Å²) < 4.78 is 0. The third-order valence-corrected chi connectivity index (χ3v) is 1.83. The van der Waals surface area contributed by atoms with Gasteiger partial charge in [-0.1, -0.05) is 0 Å². The number of aliphatic imine (C=N–C) groups is 1. The molecule has 0 radical (unpaired) electrons. The Morgan fingerprint density at radius 1 is 1.77 bits per heavy atom. The second-order valence-corrected chi connectivity index (χ2v) is 2.77. The highest BCUT2D eigenvalue weighted by molar-refractivity contribution is 5.75. The molecule has 1 unspecified atom stereocenters. The lowest BCUT2D eigenvalue weighted by atomic mass is 10.3. The van der Waals surface area contributed by atoms with E-state index in [1.807, 2.05) is 0 Å². The van der Waals surface area contributed by atoms with Crippen molar-refractivity contribution < 1.29 is 4.92 Å². The Hall–Kier alpha value is -1.43. The molecule has 72 valence electrons. The van der Waals surface area contributed by atoms with E-state index >= 15 is 0 Å². The zero-order valence-electron chi connectivity index (χ0n) is 7.14. The van der Waals surface area contributed by atoms with Gasteiger partial charge >= 0.3 is 5.70 Å². The Morgan fingerprint density at radius 3 is 3.00 bits per heavy atom. The Kier molecular flexibility index (Phi) is 3.39. The Balaban J connectivity index is 2.49. The van der Waals surface area contributed by atoms with Gasteiger partial charge in [-0.25, -0.2) is 0 Å². The molecule has 0 aromatic carbocycles. The van der Waals surface area contributed by atoms with Gasteiger partial charge in [0.2, 0.25) is 0 Å². The molecule has 1 aliphatic heterocycles. The van der Waals surface area contributed by atoms with Gasteiger partial charge in [0.15, 0.2) is 0 Å². The number of allylic oxidation sites excluding steroid dienone is 1. The van der Waals surface area contributed by atoms with Crippen LogP contribution in [0, 0.1) is 10.1 Å². The summed E-state index contributed by atoms with van der Waals surface area (Å²) in [6.45, 7) is 1.70. The van der Waals surface area contributed by atoms with Gasteiger partial charge in [0.1, 0.15) is 6.21 Å². The van der Waals surface area contributed by atoms with Crippen LogP contribution in [0.5, 0.6) is 0 Å². The third-order valence-electron chi connectivity index (χ3n) is 1.83. The molecular formula is C7H12N4O2. The van der Waals surface area contributed by atoms with Crippen LogP contribution in [-0.2, 0) is 0 Å². The predicted molar refractivity (Wildman–Crippen MR) is 49.0 cm³/mol. The Labute approximate surface area is 75.7 Å². The zero-order chi connectivity index (χ0) is 9.68. The standard InChI is InChI=1S/C7H12N4O2/c8-3-7(11(12)13)5-10-6-1-2-9-4-6/h3,5-6,9H,1-2,4,8H2. The Bertz CT molecular complexity index is 243. The monoisotopic (exact) mass is 184 g/mol. The van der Waals surface area contributed by atoms with Crippen molar-refractivity contribution in [2.24, 2.45) is 10.7 Å². The van der Waals surface area contributed by atoms with Gasteiger partial charge in [-0.05, 0) is 13.0 Å². The van der Waals surface area contributed by atoms with Crippen LogP contribution >= 0.6 is 0 Å². The third kappa shape index (κ3) is 2.83. The lowest BCUT2D eigenvalue weighted by Gasteiger charge is -1.97. The number of hydrogen-bond acceptors (Lipinski definition) is 5. The molecule has 1 fully saturated rings. The summed E-state index contributed by atoms with van der Waals surface area (Å²) in [6.07, 6.45) is 3.09. The van der Waals surface area contributed by atoms with E-state index in [1.165, 1.54) is 6.21 Å². The molecule has 1 aliphatic rings. The van der Waals surface area contributed by atoms with Crippen LogP contribution in [-0.4, -0.2) is 30.3 Å². The fraction of sp³-hybridized carbons (Fsp3) is 0.571. The van der Waals surface area contributed by atoms with Crippen LogP contribution in [0.25, 0.3) is 0 Å². The predicted octanol–water partition coefficient (Wildman–Crippen LogP) is -0.504. The second kappa shape index (κ2) is 4.56. The van der Waals surface area contributed by atoms with Crippen LogP contribution < -0.4 is 11.1 Å². The highest BCUT2D eigenvalue weighted by atomic mass is 16.6. The first-order chi connectivity index (χ1) is 6.24. The van der Waals surface area contributed by atoms with Gasteiger partial charge in [-0.3, -0.25) is 15.1 Å². The maximum Gasteiger partial charge on any atom is 0.302 e. The Morgan fingerprint density at radius 2 is 2.54 bits per heavy atom. The number of rotatable bonds is 3. The molecule has 1 saturated heterocycles. The lowest BCUT2D eigenvalue weighted by molar-refractivity contribution is -0.414. The smallest absolute Gasteiger partial charge is 0.302 e. The molecule has 1 heterocycles. The summed E-state index contributed by atoms with van der Waals surface area (Å²) in [6, 6.07) is 0.148. The molecule has 6 heteroatoms. The van der Waals surface area contributed by atoms with E-state index in [0.717, 1.165) is 25.7 Å². The highest BCUT2D eigenvalue weighted by Crippen LogP contribution is 2.02. The van der Waals surface area contributed by atoms with Crippen LogP contribution in [0.3, 0.4) is 0 Å². The topological polar surface area (TPSA) is 93.5 Å². The highest BCUT2D eigenvalue weighted by Gasteiger charge is 2.13. The van der Waals surface area contributed by atoms with E-state index in [2.05, 4.69) is 10.3 Å². The van der Waals surface area contributed by atoms with E-state index in [9.17, 15) is 10.1 Å². The van der Waals surface area contributed by atoms with Crippen molar-refractivity contribution in [3.05, 3.63) is 22.0 Å². The van der Waals surface area contributed by atoms with Gasteiger partial charge in [-0.2, -0.15) is 0 Å². The second-order valence-electron chi connectivity index (χ2n) is 2.77. The van der Waals surface area contributed by atoms with E-state index in [4.69, 9.17) is 5.73 Å². The molecule has 1 atom stereocenters. The molecular weight excluding hydrogens is 172 g/mol. The molecule has 0 aromatic heterocycles. The summed E-state index contributed by atoms with van der Waals surface area (Å²) in [5.41, 5.74) is 4.89. The van der Waals surface area contributed by atoms with Crippen molar-refractivity contribution in [3.63, 3.8) is 0 Å². The van der Waals surface area contributed by atoms with Gasteiger partial charge in [0, 0.05) is 6.54 Å². The number of nitrogens with zero attached hydrogens (tertiary/aromatic N) is 2. The van der Waals surface area contributed by atoms with Crippen molar-refractivity contribution in [1.82, 2.24) is 5.32 Å². The molecule has 0 amide bonds. The molecule has 6 nitrogen and oxygen atoms in total. The minimum absolute atomic E-state index is 0.148. The van der Waals surface area contributed by atoms with Crippen LogP contribution in [0.2, 0.25) is 0 Å². The van der Waals surface area contributed by atoms with Crippen molar-refractivity contribution in [3.8, 4) is 0 Å².